The molecular formula is C8H16Cl4O12P4. The van der Waals surface area contributed by atoms with Crippen LogP contribution in [0.4, 0.5) is 0 Å². The molecule has 0 fully saturated rings. The van der Waals surface area contributed by atoms with Crippen molar-refractivity contribution in [3.05, 3.63) is 0 Å². The normalized spacial score (nSPS) is 18.2. The average molecular weight is 570 g/mol. The van der Waals surface area contributed by atoms with Crippen molar-refractivity contribution in [1.82, 2.24) is 0 Å². The van der Waals surface area contributed by atoms with Gasteiger partial charge in [0.25, 0.3) is 0 Å². The molecule has 0 rings (SSSR count). The third-order valence-corrected chi connectivity index (χ3v) is 17.6. The van der Waals surface area contributed by atoms with Crippen molar-refractivity contribution in [2.75, 3.05) is 28.4 Å². The standard InChI is InChI=1S/C8H16Cl4O12P4/c1-6(13)23-28(18,8(11,12)27(17,21-4)22-5)24-25(14,15)7(9,10)26(16,19-2)20-3/h1-5H3,(H,14,15). The fourth-order valence-electron chi connectivity index (χ4n) is 1.38. The van der Waals surface area contributed by atoms with Crippen molar-refractivity contribution in [3.63, 3.8) is 0 Å². The summed E-state index contributed by atoms with van der Waals surface area (Å²) in [6.07, 6.45) is 0. The number of carbonyl (C=O) groups excluding carboxylic acids is 1. The Balaban J connectivity index is 6.62. The summed E-state index contributed by atoms with van der Waals surface area (Å²) in [7, 11) is -18.1. The Kier molecular flexibility index (Phi) is 10.3. The first-order valence-electron chi connectivity index (χ1n) is 6.40. The third-order valence-electron chi connectivity index (χ3n) is 2.76. The second-order valence-corrected chi connectivity index (χ2v) is 18.9. The van der Waals surface area contributed by atoms with Gasteiger partial charge in [0.2, 0.25) is 0 Å². The van der Waals surface area contributed by atoms with Crippen LogP contribution < -0.4 is 0 Å². The van der Waals surface area contributed by atoms with Crippen molar-refractivity contribution in [2.24, 2.45) is 0 Å². The van der Waals surface area contributed by atoms with Gasteiger partial charge in [-0.15, -0.1) is 0 Å². The average Bonchev–Trinajstić information content (AvgIpc) is 2.58. The van der Waals surface area contributed by atoms with Crippen LogP contribution in [-0.4, -0.2) is 46.9 Å². The van der Waals surface area contributed by atoms with E-state index in [-0.39, 0.29) is 0 Å². The Bertz CT molecular complexity index is 768. The summed E-state index contributed by atoms with van der Waals surface area (Å²) in [6.45, 7) is 0.677. The van der Waals surface area contributed by atoms with Crippen molar-refractivity contribution in [2.45, 2.75) is 14.6 Å². The Morgan fingerprint density at radius 3 is 1.36 bits per heavy atom. The number of alkyl halides is 4. The molecule has 0 aromatic heterocycles. The fraction of sp³-hybridized carbons (Fsp3) is 0.875. The van der Waals surface area contributed by atoms with E-state index in [1.54, 1.807) is 0 Å². The molecule has 0 heterocycles. The van der Waals surface area contributed by atoms with Gasteiger partial charge in [0, 0.05) is 35.4 Å². The molecule has 0 aromatic carbocycles. The molecule has 0 amide bonds. The van der Waals surface area contributed by atoms with Gasteiger partial charge in [-0.1, -0.05) is 46.4 Å². The minimum atomic E-state index is -5.84. The molecule has 2 atom stereocenters. The Labute approximate surface area is 180 Å². The van der Waals surface area contributed by atoms with Crippen molar-refractivity contribution >= 4 is 82.8 Å². The summed E-state index contributed by atoms with van der Waals surface area (Å²) < 4.78 is 70.4. The van der Waals surface area contributed by atoms with Crippen LogP contribution in [0.15, 0.2) is 0 Å². The van der Waals surface area contributed by atoms with E-state index in [1.807, 2.05) is 0 Å². The Morgan fingerprint density at radius 1 is 0.750 bits per heavy atom. The number of carbonyl (C=O) groups is 1. The zero-order chi connectivity index (χ0) is 22.8. The van der Waals surface area contributed by atoms with Crippen LogP contribution in [0, 0.1) is 0 Å². The predicted molar refractivity (Wildman–Crippen MR) is 102 cm³/mol. The van der Waals surface area contributed by atoms with Crippen molar-refractivity contribution < 1.29 is 54.9 Å². The highest BCUT2D eigenvalue weighted by Gasteiger charge is 2.71. The summed E-state index contributed by atoms with van der Waals surface area (Å²) in [5, 5.41) is 0. The van der Waals surface area contributed by atoms with Gasteiger partial charge in [-0.05, 0) is 0 Å². The van der Waals surface area contributed by atoms with E-state index >= 15 is 0 Å². The molecule has 2 unspecified atom stereocenters. The van der Waals surface area contributed by atoms with Crippen LogP contribution in [0.3, 0.4) is 0 Å². The first-order chi connectivity index (χ1) is 12.4. The molecule has 0 spiro atoms. The molecular weight excluding hydrogens is 554 g/mol. The second kappa shape index (κ2) is 9.85. The molecule has 28 heavy (non-hydrogen) atoms. The van der Waals surface area contributed by atoms with Crippen LogP contribution in [-0.2, 0) is 50.0 Å². The van der Waals surface area contributed by atoms with E-state index < -0.39 is 44.0 Å². The zero-order valence-electron chi connectivity index (χ0n) is 14.7. The largest absolute Gasteiger partial charge is 0.437 e. The minimum absolute atomic E-state index is 0.677. The summed E-state index contributed by atoms with van der Waals surface area (Å²) in [5.74, 6) is -1.41. The summed E-state index contributed by atoms with van der Waals surface area (Å²) in [5.41, 5.74) is 0. The molecule has 0 aliphatic heterocycles. The quantitative estimate of drug-likeness (QED) is 0.259. The van der Waals surface area contributed by atoms with Crippen LogP contribution in [0.1, 0.15) is 6.92 Å². The first kappa shape index (κ1) is 29.3. The molecule has 12 nitrogen and oxygen atoms in total. The van der Waals surface area contributed by atoms with Gasteiger partial charge in [-0.2, -0.15) is 0 Å². The Hall–Kier alpha value is 1.31. The lowest BCUT2D eigenvalue weighted by atomic mass is 10.9. The molecule has 0 radical (unpaired) electrons. The second-order valence-electron chi connectivity index (χ2n) is 4.43. The summed E-state index contributed by atoms with van der Waals surface area (Å²) in [4.78, 5) is 21.5. The van der Waals surface area contributed by atoms with Gasteiger partial charge in [0.1, 0.15) is 0 Å². The SMILES string of the molecule is COP(=O)(OC)C(Cl)(Cl)P(=O)(O)OP(=O)(OC(C)=O)C(Cl)(Cl)P(=O)(OC)OC. The molecule has 1 N–H and O–H groups in total. The van der Waals surface area contributed by atoms with Crippen LogP contribution in [0.25, 0.3) is 0 Å². The lowest BCUT2D eigenvalue weighted by molar-refractivity contribution is -0.132. The molecule has 0 bridgehead atoms. The van der Waals surface area contributed by atoms with Crippen LogP contribution in [0.2, 0.25) is 0 Å². The third kappa shape index (κ3) is 5.20. The van der Waals surface area contributed by atoms with Gasteiger partial charge >= 0.3 is 44.0 Å². The van der Waals surface area contributed by atoms with Gasteiger partial charge < -0.3 is 27.5 Å². The van der Waals surface area contributed by atoms with Gasteiger partial charge in [0.05, 0.1) is 0 Å². The lowest BCUT2D eigenvalue weighted by Crippen LogP contribution is -2.24. The van der Waals surface area contributed by atoms with E-state index in [2.05, 4.69) is 26.9 Å². The van der Waals surface area contributed by atoms with Gasteiger partial charge in [-0.3, -0.25) is 18.5 Å². The first-order valence-corrected chi connectivity index (χ1v) is 14.1. The maximum Gasteiger partial charge on any atom is 0.437 e. The molecule has 0 aliphatic rings. The highest BCUT2D eigenvalue weighted by atomic mass is 35.5. The number of rotatable bonds is 11. The van der Waals surface area contributed by atoms with Crippen LogP contribution in [0.5, 0.6) is 0 Å². The fourth-order valence-corrected chi connectivity index (χ4v) is 12.3. The molecule has 0 saturated carbocycles. The lowest BCUT2D eigenvalue weighted by Gasteiger charge is -2.35. The molecule has 20 heteroatoms. The zero-order valence-corrected chi connectivity index (χ0v) is 21.3. The Morgan fingerprint density at radius 2 is 1.07 bits per heavy atom. The van der Waals surface area contributed by atoms with Crippen molar-refractivity contribution in [1.29, 1.82) is 0 Å². The van der Waals surface area contributed by atoms with E-state index in [0.29, 0.717) is 6.92 Å². The topological polar surface area (TPSA) is 161 Å². The molecule has 168 valence electrons. The molecule has 0 aliphatic carbocycles. The van der Waals surface area contributed by atoms with Crippen molar-refractivity contribution in [3.8, 4) is 0 Å². The maximum absolute atomic E-state index is 13.1. The number of hydrogen-bond donors (Lipinski definition) is 1. The number of hydrogen-bond acceptors (Lipinski definition) is 11. The highest BCUT2D eigenvalue weighted by molar-refractivity contribution is 7.87. The van der Waals surface area contributed by atoms with E-state index in [9.17, 15) is 27.9 Å². The highest BCUT2D eigenvalue weighted by Crippen LogP contribution is 2.89. The maximum atomic E-state index is 13.1. The molecule has 0 aromatic rings. The predicted octanol–water partition coefficient (Wildman–Crippen LogP) is 5.09. The summed E-state index contributed by atoms with van der Waals surface area (Å²) >= 11 is 22.8. The number of halogens is 4. The van der Waals surface area contributed by atoms with E-state index in [4.69, 9.17) is 46.4 Å². The van der Waals surface area contributed by atoms with Gasteiger partial charge in [0.15, 0.2) is 0 Å². The van der Waals surface area contributed by atoms with Crippen LogP contribution >= 0.6 is 76.8 Å². The minimum Gasteiger partial charge on any atom is -0.389 e. The summed E-state index contributed by atoms with van der Waals surface area (Å²) in [6, 6.07) is 0. The molecule has 0 saturated heterocycles. The van der Waals surface area contributed by atoms with Gasteiger partial charge in [-0.25, -0.2) is 8.88 Å². The van der Waals surface area contributed by atoms with E-state index in [0.717, 1.165) is 28.4 Å². The van der Waals surface area contributed by atoms with E-state index in [1.165, 1.54) is 0 Å². The smallest absolute Gasteiger partial charge is 0.389 e. The monoisotopic (exact) mass is 568 g/mol.